The van der Waals surface area contributed by atoms with Crippen molar-refractivity contribution in [3.05, 3.63) is 35.9 Å². The lowest BCUT2D eigenvalue weighted by Gasteiger charge is -2.05. The van der Waals surface area contributed by atoms with Crippen LogP contribution in [0.1, 0.15) is 24.7 Å². The van der Waals surface area contributed by atoms with Gasteiger partial charge in [0.25, 0.3) is 0 Å². The van der Waals surface area contributed by atoms with E-state index in [4.69, 9.17) is 10.5 Å². The first-order chi connectivity index (χ1) is 8.78. The van der Waals surface area contributed by atoms with E-state index in [0.717, 1.165) is 12.0 Å². The smallest absolute Gasteiger partial charge is 0.321 e. The fourth-order valence-corrected chi connectivity index (χ4v) is 1.44. The third-order valence-corrected chi connectivity index (χ3v) is 2.20. The first-order valence-electron chi connectivity index (χ1n) is 5.80. The van der Waals surface area contributed by atoms with E-state index in [9.17, 15) is 0 Å². The molecule has 0 radical (unpaired) electrons. The van der Waals surface area contributed by atoms with Gasteiger partial charge in [0.2, 0.25) is 5.95 Å². The Bertz CT molecular complexity index is 503. The van der Waals surface area contributed by atoms with Crippen LogP contribution in [0, 0.1) is 0 Å². The number of nitrogen functional groups attached to an aromatic ring is 1. The van der Waals surface area contributed by atoms with Crippen LogP contribution in [-0.2, 0) is 6.42 Å². The lowest BCUT2D eigenvalue weighted by atomic mass is 10.2. The lowest BCUT2D eigenvalue weighted by molar-refractivity contribution is 0.290. The summed E-state index contributed by atoms with van der Waals surface area (Å²) >= 11 is 0. The Morgan fingerprint density at radius 1 is 1.28 bits per heavy atom. The first-order valence-corrected chi connectivity index (χ1v) is 5.80. The molecule has 0 aliphatic rings. The standard InChI is InChI=1S/C12H15N5O/c1-2-6-18-12-16-10(15-11(13)17-12)7-9-4-3-5-14-8-9/h3-5,8H,2,6-7H2,1H3,(H2,13,15,16,17). The maximum absolute atomic E-state index is 5.63. The van der Waals surface area contributed by atoms with E-state index in [1.807, 2.05) is 19.1 Å². The molecule has 2 aromatic heterocycles. The predicted octanol–water partition coefficient (Wildman–Crippen LogP) is 1.23. The molecule has 0 aromatic carbocycles. The highest BCUT2D eigenvalue weighted by molar-refractivity contribution is 5.21. The van der Waals surface area contributed by atoms with Crippen molar-refractivity contribution >= 4 is 5.95 Å². The van der Waals surface area contributed by atoms with E-state index < -0.39 is 0 Å². The predicted molar refractivity (Wildman–Crippen MR) is 67.1 cm³/mol. The van der Waals surface area contributed by atoms with Gasteiger partial charge < -0.3 is 10.5 Å². The zero-order valence-corrected chi connectivity index (χ0v) is 10.2. The van der Waals surface area contributed by atoms with E-state index >= 15 is 0 Å². The number of hydrogen-bond donors (Lipinski definition) is 1. The molecule has 2 N–H and O–H groups in total. The van der Waals surface area contributed by atoms with Crippen LogP contribution in [0.25, 0.3) is 0 Å². The average Bonchev–Trinajstić information content (AvgIpc) is 2.37. The number of rotatable bonds is 5. The zero-order valence-electron chi connectivity index (χ0n) is 10.2. The summed E-state index contributed by atoms with van der Waals surface area (Å²) in [4.78, 5) is 16.3. The monoisotopic (exact) mass is 245 g/mol. The number of hydrogen-bond acceptors (Lipinski definition) is 6. The van der Waals surface area contributed by atoms with Crippen LogP contribution in [0.15, 0.2) is 24.5 Å². The van der Waals surface area contributed by atoms with Gasteiger partial charge in [-0.05, 0) is 18.1 Å². The van der Waals surface area contributed by atoms with Gasteiger partial charge in [-0.2, -0.15) is 15.0 Å². The highest BCUT2D eigenvalue weighted by Crippen LogP contribution is 2.09. The number of pyridine rings is 1. The minimum Gasteiger partial charge on any atom is -0.463 e. The SMILES string of the molecule is CCCOc1nc(N)nc(Cc2cccnc2)n1. The molecule has 0 spiro atoms. The summed E-state index contributed by atoms with van der Waals surface area (Å²) < 4.78 is 5.36. The van der Waals surface area contributed by atoms with Gasteiger partial charge in [-0.1, -0.05) is 13.0 Å². The van der Waals surface area contributed by atoms with Crippen molar-refractivity contribution in [2.24, 2.45) is 0 Å². The molecule has 2 heterocycles. The Hall–Kier alpha value is -2.24. The minimum absolute atomic E-state index is 0.176. The molecule has 6 heteroatoms. The quantitative estimate of drug-likeness (QED) is 0.852. The van der Waals surface area contributed by atoms with E-state index in [-0.39, 0.29) is 12.0 Å². The molecular formula is C12H15N5O. The molecule has 0 aliphatic carbocycles. The maximum Gasteiger partial charge on any atom is 0.321 e. The van der Waals surface area contributed by atoms with Crippen LogP contribution in [0.2, 0.25) is 0 Å². The second-order valence-electron chi connectivity index (χ2n) is 3.78. The third kappa shape index (κ3) is 3.38. The van der Waals surface area contributed by atoms with Gasteiger partial charge in [0.15, 0.2) is 0 Å². The van der Waals surface area contributed by atoms with Crippen molar-refractivity contribution in [2.45, 2.75) is 19.8 Å². The fourth-order valence-electron chi connectivity index (χ4n) is 1.44. The summed E-state index contributed by atoms with van der Waals surface area (Å²) in [7, 11) is 0. The van der Waals surface area contributed by atoms with Crippen LogP contribution < -0.4 is 10.5 Å². The number of nitrogens with two attached hydrogens (primary N) is 1. The van der Waals surface area contributed by atoms with Crippen LogP contribution in [0.3, 0.4) is 0 Å². The molecule has 0 amide bonds. The van der Waals surface area contributed by atoms with Gasteiger partial charge in [-0.25, -0.2) is 0 Å². The van der Waals surface area contributed by atoms with E-state index in [1.165, 1.54) is 0 Å². The number of ether oxygens (including phenoxy) is 1. The molecule has 0 saturated heterocycles. The van der Waals surface area contributed by atoms with Crippen molar-refractivity contribution in [3.63, 3.8) is 0 Å². The second kappa shape index (κ2) is 5.90. The van der Waals surface area contributed by atoms with Crippen LogP contribution >= 0.6 is 0 Å². The van der Waals surface area contributed by atoms with Crippen LogP contribution in [0.4, 0.5) is 5.95 Å². The molecule has 18 heavy (non-hydrogen) atoms. The van der Waals surface area contributed by atoms with Gasteiger partial charge in [-0.15, -0.1) is 0 Å². The van der Waals surface area contributed by atoms with Gasteiger partial charge in [-0.3, -0.25) is 4.98 Å². The largest absolute Gasteiger partial charge is 0.463 e. The van der Waals surface area contributed by atoms with E-state index in [2.05, 4.69) is 19.9 Å². The molecular weight excluding hydrogens is 230 g/mol. The molecule has 0 saturated carbocycles. The Kier molecular flexibility index (Phi) is 4.01. The van der Waals surface area contributed by atoms with Crippen molar-refractivity contribution in [3.8, 4) is 6.01 Å². The van der Waals surface area contributed by atoms with Crippen molar-refractivity contribution in [1.29, 1.82) is 0 Å². The van der Waals surface area contributed by atoms with Crippen molar-refractivity contribution < 1.29 is 4.74 Å². The summed E-state index contributed by atoms with van der Waals surface area (Å²) in [5.41, 5.74) is 6.65. The molecule has 0 bridgehead atoms. The lowest BCUT2D eigenvalue weighted by Crippen LogP contribution is -2.08. The van der Waals surface area contributed by atoms with Crippen LogP contribution in [-0.4, -0.2) is 26.5 Å². The van der Waals surface area contributed by atoms with E-state index in [0.29, 0.717) is 18.9 Å². The average molecular weight is 245 g/mol. The molecule has 0 fully saturated rings. The van der Waals surface area contributed by atoms with Gasteiger partial charge in [0.05, 0.1) is 6.61 Å². The zero-order chi connectivity index (χ0) is 12.8. The van der Waals surface area contributed by atoms with Crippen molar-refractivity contribution in [2.75, 3.05) is 12.3 Å². The summed E-state index contributed by atoms with van der Waals surface area (Å²) in [6.07, 6.45) is 4.94. The van der Waals surface area contributed by atoms with Crippen LogP contribution in [0.5, 0.6) is 6.01 Å². The molecule has 0 unspecified atom stereocenters. The highest BCUT2D eigenvalue weighted by Gasteiger charge is 2.06. The maximum atomic E-state index is 5.63. The Balaban J connectivity index is 2.15. The normalized spacial score (nSPS) is 10.3. The Morgan fingerprint density at radius 2 is 2.17 bits per heavy atom. The number of aromatic nitrogens is 4. The first kappa shape index (κ1) is 12.2. The molecule has 6 nitrogen and oxygen atoms in total. The molecule has 2 aromatic rings. The number of nitrogens with zero attached hydrogens (tertiary/aromatic N) is 4. The molecule has 94 valence electrons. The summed E-state index contributed by atoms with van der Waals surface area (Å²) in [5.74, 6) is 0.761. The van der Waals surface area contributed by atoms with Gasteiger partial charge >= 0.3 is 6.01 Å². The second-order valence-corrected chi connectivity index (χ2v) is 3.78. The molecule has 2 rings (SSSR count). The molecule has 0 aliphatic heterocycles. The molecule has 0 atom stereocenters. The summed E-state index contributed by atoms with van der Waals surface area (Å²) in [5, 5.41) is 0. The van der Waals surface area contributed by atoms with Gasteiger partial charge in [0, 0.05) is 18.8 Å². The fraction of sp³-hybridized carbons (Fsp3) is 0.333. The minimum atomic E-state index is 0.176. The summed E-state index contributed by atoms with van der Waals surface area (Å²) in [6.45, 7) is 2.58. The number of anilines is 1. The topological polar surface area (TPSA) is 86.8 Å². The third-order valence-electron chi connectivity index (χ3n) is 2.20. The Morgan fingerprint density at radius 3 is 2.89 bits per heavy atom. The highest BCUT2D eigenvalue weighted by atomic mass is 16.5. The van der Waals surface area contributed by atoms with E-state index in [1.54, 1.807) is 12.4 Å². The van der Waals surface area contributed by atoms with Gasteiger partial charge in [0.1, 0.15) is 5.82 Å². The Labute approximate surface area is 105 Å². The summed E-state index contributed by atoms with van der Waals surface area (Å²) in [6, 6.07) is 4.11. The van der Waals surface area contributed by atoms with Crippen molar-refractivity contribution in [1.82, 2.24) is 19.9 Å².